The minimum atomic E-state index is -0.368. The van der Waals surface area contributed by atoms with Crippen LogP contribution in [0.4, 0.5) is 10.6 Å². The summed E-state index contributed by atoms with van der Waals surface area (Å²) in [7, 11) is 0. The normalized spacial score (nSPS) is 17.3. The van der Waals surface area contributed by atoms with E-state index in [4.69, 9.17) is 0 Å². The van der Waals surface area contributed by atoms with Crippen LogP contribution < -0.4 is 15.5 Å². The molecule has 2 fully saturated rings. The SMILES string of the molecule is O=C(NCCCN1C(=O)CNC1=O)c1ccc(N2CCCC2)nc1. The first-order valence-corrected chi connectivity index (χ1v) is 8.22. The van der Waals surface area contributed by atoms with Crippen molar-refractivity contribution < 1.29 is 14.4 Å². The molecule has 24 heavy (non-hydrogen) atoms. The van der Waals surface area contributed by atoms with Gasteiger partial charge in [0, 0.05) is 32.4 Å². The van der Waals surface area contributed by atoms with Crippen LogP contribution in [0.1, 0.15) is 29.6 Å². The molecule has 0 aromatic carbocycles. The summed E-state index contributed by atoms with van der Waals surface area (Å²) in [5, 5.41) is 5.24. The topological polar surface area (TPSA) is 94.6 Å². The van der Waals surface area contributed by atoms with E-state index >= 15 is 0 Å². The van der Waals surface area contributed by atoms with Gasteiger partial charge in [-0.2, -0.15) is 0 Å². The number of nitrogens with zero attached hydrogens (tertiary/aromatic N) is 3. The number of imide groups is 1. The van der Waals surface area contributed by atoms with Crippen molar-refractivity contribution in [1.82, 2.24) is 20.5 Å². The molecule has 0 aliphatic carbocycles. The lowest BCUT2D eigenvalue weighted by atomic mass is 10.2. The summed E-state index contributed by atoms with van der Waals surface area (Å²) in [6.07, 6.45) is 4.47. The van der Waals surface area contributed by atoms with Crippen LogP contribution in [-0.4, -0.2) is 60.5 Å². The number of hydrogen-bond donors (Lipinski definition) is 2. The average molecular weight is 331 g/mol. The largest absolute Gasteiger partial charge is 0.357 e. The molecule has 0 saturated carbocycles. The van der Waals surface area contributed by atoms with Gasteiger partial charge in [-0.15, -0.1) is 0 Å². The molecule has 3 heterocycles. The second-order valence-corrected chi connectivity index (χ2v) is 5.91. The molecular weight excluding hydrogens is 310 g/mol. The van der Waals surface area contributed by atoms with Crippen molar-refractivity contribution >= 4 is 23.7 Å². The molecular formula is C16H21N5O3. The maximum Gasteiger partial charge on any atom is 0.324 e. The van der Waals surface area contributed by atoms with Crippen LogP contribution in [0.5, 0.6) is 0 Å². The maximum absolute atomic E-state index is 12.1. The summed E-state index contributed by atoms with van der Waals surface area (Å²) in [6, 6.07) is 3.27. The zero-order chi connectivity index (χ0) is 16.9. The second-order valence-electron chi connectivity index (χ2n) is 5.91. The van der Waals surface area contributed by atoms with Gasteiger partial charge in [-0.3, -0.25) is 14.5 Å². The number of amides is 4. The molecule has 2 aliphatic heterocycles. The Kier molecular flexibility index (Phi) is 4.93. The van der Waals surface area contributed by atoms with E-state index in [-0.39, 0.29) is 24.4 Å². The van der Waals surface area contributed by atoms with Gasteiger partial charge in [0.2, 0.25) is 5.91 Å². The lowest BCUT2D eigenvalue weighted by molar-refractivity contribution is -0.125. The van der Waals surface area contributed by atoms with Crippen molar-refractivity contribution in [2.45, 2.75) is 19.3 Å². The van der Waals surface area contributed by atoms with Crippen LogP contribution >= 0.6 is 0 Å². The molecule has 0 unspecified atom stereocenters. The Morgan fingerprint density at radius 2 is 2.04 bits per heavy atom. The fourth-order valence-corrected chi connectivity index (χ4v) is 2.88. The summed E-state index contributed by atoms with van der Waals surface area (Å²) in [6.45, 7) is 2.78. The van der Waals surface area contributed by atoms with Gasteiger partial charge < -0.3 is 15.5 Å². The number of nitrogens with one attached hydrogen (secondary N) is 2. The molecule has 4 amide bonds. The van der Waals surface area contributed by atoms with Crippen molar-refractivity contribution in [2.24, 2.45) is 0 Å². The molecule has 1 aromatic heterocycles. The Labute approximate surface area is 140 Å². The number of hydrogen-bond acceptors (Lipinski definition) is 5. The highest BCUT2D eigenvalue weighted by atomic mass is 16.2. The molecule has 2 saturated heterocycles. The van der Waals surface area contributed by atoms with Crippen LogP contribution in [0.3, 0.4) is 0 Å². The third-order valence-electron chi connectivity index (χ3n) is 4.22. The molecule has 128 valence electrons. The number of urea groups is 1. The Hall–Kier alpha value is -2.64. The zero-order valence-corrected chi connectivity index (χ0v) is 13.5. The van der Waals surface area contributed by atoms with E-state index < -0.39 is 0 Å². The van der Waals surface area contributed by atoms with E-state index in [1.807, 2.05) is 6.07 Å². The lowest BCUT2D eigenvalue weighted by Gasteiger charge is -2.16. The van der Waals surface area contributed by atoms with Crippen molar-refractivity contribution in [1.29, 1.82) is 0 Å². The third kappa shape index (κ3) is 3.64. The summed E-state index contributed by atoms with van der Waals surface area (Å²) >= 11 is 0. The number of carbonyl (C=O) groups is 3. The maximum atomic E-state index is 12.1. The molecule has 0 bridgehead atoms. The van der Waals surface area contributed by atoms with E-state index in [0.29, 0.717) is 25.1 Å². The Morgan fingerprint density at radius 3 is 2.67 bits per heavy atom. The second kappa shape index (κ2) is 7.29. The zero-order valence-electron chi connectivity index (χ0n) is 13.5. The van der Waals surface area contributed by atoms with Crippen molar-refractivity contribution in [3.8, 4) is 0 Å². The van der Waals surface area contributed by atoms with E-state index in [2.05, 4.69) is 20.5 Å². The van der Waals surface area contributed by atoms with Crippen LogP contribution in [-0.2, 0) is 4.79 Å². The number of carbonyl (C=O) groups excluding carboxylic acids is 3. The number of anilines is 1. The third-order valence-corrected chi connectivity index (χ3v) is 4.22. The van der Waals surface area contributed by atoms with Gasteiger partial charge in [-0.25, -0.2) is 9.78 Å². The Bertz CT molecular complexity index is 609. The molecule has 2 N–H and O–H groups in total. The lowest BCUT2D eigenvalue weighted by Crippen LogP contribution is -2.34. The molecule has 0 atom stereocenters. The average Bonchev–Trinajstić information content (AvgIpc) is 3.23. The van der Waals surface area contributed by atoms with Gasteiger partial charge in [0.15, 0.2) is 0 Å². The Morgan fingerprint density at radius 1 is 1.25 bits per heavy atom. The van der Waals surface area contributed by atoms with Crippen LogP contribution in [0.25, 0.3) is 0 Å². The van der Waals surface area contributed by atoms with Gasteiger partial charge in [-0.05, 0) is 31.4 Å². The van der Waals surface area contributed by atoms with Gasteiger partial charge in [0.25, 0.3) is 5.91 Å². The first-order valence-electron chi connectivity index (χ1n) is 8.22. The van der Waals surface area contributed by atoms with Crippen molar-refractivity contribution in [3.05, 3.63) is 23.9 Å². The number of aromatic nitrogens is 1. The van der Waals surface area contributed by atoms with E-state index in [0.717, 1.165) is 18.9 Å². The monoisotopic (exact) mass is 331 g/mol. The summed E-state index contributed by atoms with van der Waals surface area (Å²) < 4.78 is 0. The van der Waals surface area contributed by atoms with Crippen LogP contribution in [0.15, 0.2) is 18.3 Å². The molecule has 0 spiro atoms. The summed E-state index contributed by atoms with van der Waals surface area (Å²) in [5.41, 5.74) is 0.507. The quantitative estimate of drug-likeness (QED) is 0.579. The minimum absolute atomic E-state index is 0.0558. The molecule has 1 aromatic rings. The van der Waals surface area contributed by atoms with E-state index in [9.17, 15) is 14.4 Å². The highest BCUT2D eigenvalue weighted by molar-refractivity contribution is 6.01. The van der Waals surface area contributed by atoms with E-state index in [1.54, 1.807) is 12.3 Å². The first-order chi connectivity index (χ1) is 11.6. The smallest absolute Gasteiger partial charge is 0.324 e. The highest BCUT2D eigenvalue weighted by Crippen LogP contribution is 2.17. The van der Waals surface area contributed by atoms with Crippen molar-refractivity contribution in [3.63, 3.8) is 0 Å². The van der Waals surface area contributed by atoms with Gasteiger partial charge in [-0.1, -0.05) is 0 Å². The fraction of sp³-hybridized carbons (Fsp3) is 0.500. The molecule has 0 radical (unpaired) electrons. The predicted molar refractivity (Wildman–Crippen MR) is 87.7 cm³/mol. The fourth-order valence-electron chi connectivity index (χ4n) is 2.88. The number of pyridine rings is 1. The minimum Gasteiger partial charge on any atom is -0.357 e. The Balaban J connectivity index is 1.43. The molecule has 8 nitrogen and oxygen atoms in total. The van der Waals surface area contributed by atoms with Crippen molar-refractivity contribution in [2.75, 3.05) is 37.6 Å². The van der Waals surface area contributed by atoms with Crippen LogP contribution in [0, 0.1) is 0 Å². The van der Waals surface area contributed by atoms with Gasteiger partial charge >= 0.3 is 6.03 Å². The molecule has 2 aliphatic rings. The molecule has 3 rings (SSSR count). The van der Waals surface area contributed by atoms with Gasteiger partial charge in [0.05, 0.1) is 12.1 Å². The number of rotatable bonds is 6. The molecule has 8 heteroatoms. The van der Waals surface area contributed by atoms with Crippen LogP contribution in [0.2, 0.25) is 0 Å². The van der Waals surface area contributed by atoms with E-state index in [1.165, 1.54) is 17.7 Å². The predicted octanol–water partition coefficient (Wildman–Crippen LogP) is 0.353. The summed E-state index contributed by atoms with van der Waals surface area (Å²) in [4.78, 5) is 42.6. The van der Waals surface area contributed by atoms with Gasteiger partial charge in [0.1, 0.15) is 5.82 Å². The highest BCUT2D eigenvalue weighted by Gasteiger charge is 2.27. The standard InChI is InChI=1S/C16H21N5O3/c22-14-11-19-16(24)21(14)9-3-6-17-15(23)12-4-5-13(18-10-12)20-7-1-2-8-20/h4-5,10H,1-3,6-9,11H2,(H,17,23)(H,19,24). The first kappa shape index (κ1) is 16.2. The summed E-state index contributed by atoms with van der Waals surface area (Å²) in [5.74, 6) is 0.475.